The Bertz CT molecular complexity index is 978. The van der Waals surface area contributed by atoms with Gasteiger partial charge in [0, 0.05) is 31.5 Å². The summed E-state index contributed by atoms with van der Waals surface area (Å²) in [4.78, 5) is 33.2. The number of phenolic OH excluding ortho intramolecular Hbond substituents is 1. The van der Waals surface area contributed by atoms with Gasteiger partial charge in [-0.1, -0.05) is 6.07 Å². The van der Waals surface area contributed by atoms with Crippen molar-refractivity contribution in [3.05, 3.63) is 53.9 Å². The third-order valence-corrected chi connectivity index (χ3v) is 4.84. The number of aromatic hydroxyl groups is 1. The van der Waals surface area contributed by atoms with E-state index in [4.69, 9.17) is 9.47 Å². The molecule has 0 aliphatic carbocycles. The number of hydrogen-bond donors (Lipinski definition) is 4. The van der Waals surface area contributed by atoms with Crippen molar-refractivity contribution in [3.8, 4) is 11.5 Å². The first-order chi connectivity index (χ1) is 16.1. The van der Waals surface area contributed by atoms with Crippen molar-refractivity contribution < 1.29 is 24.2 Å². The van der Waals surface area contributed by atoms with E-state index in [9.17, 15) is 14.7 Å². The topological polar surface area (TPSA) is 134 Å². The molecule has 0 bridgehead atoms. The average Bonchev–Trinajstić information content (AvgIpc) is 2.83. The molecule has 3 rings (SSSR count). The van der Waals surface area contributed by atoms with Crippen LogP contribution in [0.25, 0.3) is 0 Å². The van der Waals surface area contributed by atoms with Gasteiger partial charge in [0.15, 0.2) is 5.96 Å². The normalized spacial score (nSPS) is 13.0. The quantitative estimate of drug-likeness (QED) is 0.273. The van der Waals surface area contributed by atoms with Crippen molar-refractivity contribution in [2.45, 2.75) is 25.8 Å². The van der Waals surface area contributed by atoms with Crippen molar-refractivity contribution in [2.75, 3.05) is 32.8 Å². The van der Waals surface area contributed by atoms with E-state index < -0.39 is 17.9 Å². The van der Waals surface area contributed by atoms with Gasteiger partial charge in [-0.25, -0.2) is 0 Å². The first-order valence-electron chi connectivity index (χ1n) is 10.9. The molecule has 1 atom stereocenters. The Morgan fingerprint density at radius 2 is 2.09 bits per heavy atom. The smallest absolute Gasteiger partial charge is 0.308 e. The molecule has 0 spiro atoms. The van der Waals surface area contributed by atoms with Gasteiger partial charge >= 0.3 is 5.97 Å². The van der Waals surface area contributed by atoms with Crippen LogP contribution in [0.4, 0.5) is 0 Å². The summed E-state index contributed by atoms with van der Waals surface area (Å²) in [6, 6.07) is 7.30. The van der Waals surface area contributed by atoms with Crippen LogP contribution < -0.4 is 20.7 Å². The Hall–Kier alpha value is -3.24. The zero-order valence-corrected chi connectivity index (χ0v) is 21.0. The van der Waals surface area contributed by atoms with Crippen LogP contribution in [0.1, 0.15) is 41.7 Å². The van der Waals surface area contributed by atoms with Crippen LogP contribution in [0.5, 0.6) is 11.5 Å². The number of carbonyl (C=O) groups excluding carboxylic acids is 2. The molecule has 0 saturated carbocycles. The summed E-state index contributed by atoms with van der Waals surface area (Å²) in [6.07, 6.45) is 4.14. The van der Waals surface area contributed by atoms with Crippen LogP contribution in [0.2, 0.25) is 0 Å². The SMILES string of the molecule is CCOC(=O)CC(NC(=O)c1ccc(OCCNC2=NCCCN2)cc1O)c1cccnc1.Cl.Cl. The summed E-state index contributed by atoms with van der Waals surface area (Å²) in [7, 11) is 0. The van der Waals surface area contributed by atoms with E-state index in [1.807, 2.05) is 0 Å². The first-order valence-corrected chi connectivity index (χ1v) is 10.9. The largest absolute Gasteiger partial charge is 0.507 e. The van der Waals surface area contributed by atoms with Crippen molar-refractivity contribution in [1.82, 2.24) is 20.9 Å². The number of phenols is 1. The number of nitrogens with one attached hydrogen (secondary N) is 3. The second-order valence-corrected chi connectivity index (χ2v) is 7.29. The van der Waals surface area contributed by atoms with Crippen LogP contribution in [0.3, 0.4) is 0 Å². The fourth-order valence-electron chi connectivity index (χ4n) is 3.24. The lowest BCUT2D eigenvalue weighted by atomic mass is 10.0. The molecule has 2 aromatic rings. The van der Waals surface area contributed by atoms with Gasteiger partial charge in [0.05, 0.1) is 31.2 Å². The molecule has 192 valence electrons. The predicted octanol–water partition coefficient (Wildman–Crippen LogP) is 2.37. The summed E-state index contributed by atoms with van der Waals surface area (Å²) in [6.45, 7) is 4.55. The Morgan fingerprint density at radius 1 is 1.26 bits per heavy atom. The van der Waals surface area contributed by atoms with Crippen molar-refractivity contribution in [2.24, 2.45) is 4.99 Å². The number of pyridine rings is 1. The monoisotopic (exact) mass is 527 g/mol. The third-order valence-electron chi connectivity index (χ3n) is 4.84. The van der Waals surface area contributed by atoms with E-state index in [-0.39, 0.29) is 49.2 Å². The van der Waals surface area contributed by atoms with Gasteiger partial charge in [0.1, 0.15) is 18.1 Å². The number of esters is 1. The fourth-order valence-corrected chi connectivity index (χ4v) is 3.24. The Morgan fingerprint density at radius 3 is 2.74 bits per heavy atom. The zero-order chi connectivity index (χ0) is 23.5. The minimum atomic E-state index is -0.650. The van der Waals surface area contributed by atoms with Crippen LogP contribution in [-0.4, -0.2) is 60.8 Å². The van der Waals surface area contributed by atoms with Gasteiger partial charge < -0.3 is 30.5 Å². The Labute approximate surface area is 216 Å². The molecule has 1 unspecified atom stereocenters. The van der Waals surface area contributed by atoms with Gasteiger partial charge in [-0.05, 0) is 37.1 Å². The summed E-state index contributed by atoms with van der Waals surface area (Å²) < 4.78 is 10.6. The molecule has 1 aromatic carbocycles. The summed E-state index contributed by atoms with van der Waals surface area (Å²) in [5, 5.41) is 19.5. The van der Waals surface area contributed by atoms with Crippen molar-refractivity contribution in [3.63, 3.8) is 0 Å². The van der Waals surface area contributed by atoms with E-state index in [1.54, 1.807) is 37.5 Å². The number of aromatic nitrogens is 1. The molecule has 4 N–H and O–H groups in total. The number of halogens is 2. The lowest BCUT2D eigenvalue weighted by Gasteiger charge is -2.19. The molecule has 1 aromatic heterocycles. The molecule has 1 aliphatic rings. The summed E-state index contributed by atoms with van der Waals surface area (Å²) in [5.74, 6) is -0.00865. The highest BCUT2D eigenvalue weighted by atomic mass is 35.5. The lowest BCUT2D eigenvalue weighted by molar-refractivity contribution is -0.143. The summed E-state index contributed by atoms with van der Waals surface area (Å²) in [5.41, 5.74) is 0.724. The van der Waals surface area contributed by atoms with Crippen LogP contribution >= 0.6 is 24.8 Å². The van der Waals surface area contributed by atoms with Crippen LogP contribution in [0, 0.1) is 0 Å². The number of benzene rings is 1. The number of carbonyl (C=O) groups is 2. The number of ether oxygens (including phenoxy) is 2. The van der Waals surface area contributed by atoms with Gasteiger partial charge in [-0.2, -0.15) is 0 Å². The first kappa shape index (κ1) is 29.8. The second-order valence-electron chi connectivity index (χ2n) is 7.29. The average molecular weight is 528 g/mol. The number of hydrogen-bond acceptors (Lipinski definition) is 9. The molecule has 1 aliphatic heterocycles. The Kier molecular flexibility index (Phi) is 13.3. The molecule has 10 nitrogen and oxygen atoms in total. The van der Waals surface area contributed by atoms with Gasteiger partial charge in [-0.15, -0.1) is 24.8 Å². The predicted molar refractivity (Wildman–Crippen MR) is 137 cm³/mol. The zero-order valence-electron chi connectivity index (χ0n) is 19.4. The minimum absolute atomic E-state index is 0. The maximum absolute atomic E-state index is 12.8. The van der Waals surface area contributed by atoms with Gasteiger partial charge in [-0.3, -0.25) is 19.6 Å². The van der Waals surface area contributed by atoms with E-state index in [0.717, 1.165) is 25.5 Å². The number of rotatable bonds is 10. The Balaban J connectivity index is 0.00000306. The molecule has 0 saturated heterocycles. The van der Waals surface area contributed by atoms with Gasteiger partial charge in [0.25, 0.3) is 5.91 Å². The van der Waals surface area contributed by atoms with E-state index in [2.05, 4.69) is 25.9 Å². The molecule has 12 heteroatoms. The van der Waals surface area contributed by atoms with Crippen LogP contribution in [-0.2, 0) is 9.53 Å². The number of amides is 1. The number of nitrogens with zero attached hydrogens (tertiary/aromatic N) is 2. The number of guanidine groups is 1. The van der Waals surface area contributed by atoms with Crippen molar-refractivity contribution >= 4 is 42.7 Å². The maximum atomic E-state index is 12.8. The molecular weight excluding hydrogens is 497 g/mol. The standard InChI is InChI=1S/C23H29N5O5.2ClH/c1-2-32-21(30)14-19(16-5-3-8-24-15-16)28-22(31)18-7-6-17(13-20(18)29)33-12-11-27-23-25-9-4-10-26-23;;/h3,5-8,13,15,19,29H,2,4,9-12,14H2,1H3,(H,28,31)(H2,25,26,27);2*1H. The second kappa shape index (κ2) is 15.6. The number of aliphatic imine (C=N–C) groups is 1. The highest BCUT2D eigenvalue weighted by molar-refractivity contribution is 5.97. The molecule has 0 fully saturated rings. The molecule has 2 heterocycles. The van der Waals surface area contributed by atoms with Crippen molar-refractivity contribution in [1.29, 1.82) is 0 Å². The lowest BCUT2D eigenvalue weighted by Crippen LogP contribution is -2.42. The van der Waals surface area contributed by atoms with Gasteiger partial charge in [0.2, 0.25) is 0 Å². The molecule has 35 heavy (non-hydrogen) atoms. The van der Waals surface area contributed by atoms with E-state index in [1.165, 1.54) is 12.1 Å². The highest BCUT2D eigenvalue weighted by Gasteiger charge is 2.22. The van der Waals surface area contributed by atoms with Crippen LogP contribution in [0.15, 0.2) is 47.7 Å². The molecule has 0 radical (unpaired) electrons. The molecule has 1 amide bonds. The maximum Gasteiger partial charge on any atom is 0.308 e. The minimum Gasteiger partial charge on any atom is -0.507 e. The summed E-state index contributed by atoms with van der Waals surface area (Å²) >= 11 is 0. The molecular formula is C23H31Cl2N5O5. The van der Waals surface area contributed by atoms with E-state index >= 15 is 0 Å². The highest BCUT2D eigenvalue weighted by Crippen LogP contribution is 2.25. The van der Waals surface area contributed by atoms with E-state index in [0.29, 0.717) is 24.5 Å². The fraction of sp³-hybridized carbons (Fsp3) is 0.391. The third kappa shape index (κ3) is 9.50.